The predicted octanol–water partition coefficient (Wildman–Crippen LogP) is 4.45. The van der Waals surface area contributed by atoms with Crippen LogP contribution < -0.4 is 5.32 Å². The fraction of sp³-hybridized carbons (Fsp3) is 0.882. The van der Waals surface area contributed by atoms with Gasteiger partial charge in [0.2, 0.25) is 0 Å². The van der Waals surface area contributed by atoms with Gasteiger partial charge >= 0.3 is 0 Å². The maximum atomic E-state index is 5.96. The molecule has 0 aromatic carbocycles. The fourth-order valence-corrected chi connectivity index (χ4v) is 3.35. The van der Waals surface area contributed by atoms with Crippen LogP contribution in [0.25, 0.3) is 0 Å². The Morgan fingerprint density at radius 1 is 1.26 bits per heavy atom. The van der Waals surface area contributed by atoms with E-state index in [2.05, 4.69) is 18.8 Å². The summed E-state index contributed by atoms with van der Waals surface area (Å²) in [6.45, 7) is 7.14. The van der Waals surface area contributed by atoms with Gasteiger partial charge in [-0.3, -0.25) is 0 Å². The highest BCUT2D eigenvalue weighted by molar-refractivity contribution is 4.96. The minimum atomic E-state index is 0.119. The molecule has 2 heteroatoms. The third-order valence-corrected chi connectivity index (χ3v) is 4.53. The molecule has 1 saturated carbocycles. The molecular formula is C17H33NO. The van der Waals surface area contributed by atoms with Crippen molar-refractivity contribution >= 4 is 0 Å². The van der Waals surface area contributed by atoms with E-state index < -0.39 is 0 Å². The van der Waals surface area contributed by atoms with E-state index >= 15 is 0 Å². The number of methoxy groups -OCH3 is 1. The molecule has 0 aromatic rings. The molecule has 0 heterocycles. The van der Waals surface area contributed by atoms with Crippen molar-refractivity contribution in [1.82, 2.24) is 5.32 Å². The Balaban J connectivity index is 2.43. The van der Waals surface area contributed by atoms with Gasteiger partial charge < -0.3 is 10.1 Å². The number of nitrogens with one attached hydrogen (secondary N) is 1. The van der Waals surface area contributed by atoms with Crippen LogP contribution >= 0.6 is 0 Å². The number of ether oxygens (including phenoxy) is 1. The van der Waals surface area contributed by atoms with Gasteiger partial charge in [-0.25, -0.2) is 0 Å². The van der Waals surface area contributed by atoms with Crippen LogP contribution in [0.15, 0.2) is 12.7 Å². The summed E-state index contributed by atoms with van der Waals surface area (Å²) in [7, 11) is 1.91. The lowest BCUT2D eigenvalue weighted by Crippen LogP contribution is -2.50. The van der Waals surface area contributed by atoms with Crippen molar-refractivity contribution in [2.24, 2.45) is 0 Å². The highest BCUT2D eigenvalue weighted by Crippen LogP contribution is 2.37. The van der Waals surface area contributed by atoms with Crippen LogP contribution in [0.3, 0.4) is 0 Å². The molecule has 112 valence electrons. The van der Waals surface area contributed by atoms with Crippen LogP contribution in [0.4, 0.5) is 0 Å². The summed E-state index contributed by atoms with van der Waals surface area (Å²) >= 11 is 0. The van der Waals surface area contributed by atoms with Crippen LogP contribution in [0.2, 0.25) is 0 Å². The van der Waals surface area contributed by atoms with Gasteiger partial charge in [0.05, 0.1) is 5.60 Å². The first-order valence-electron chi connectivity index (χ1n) is 8.18. The summed E-state index contributed by atoms with van der Waals surface area (Å²) in [6.07, 6.45) is 14.7. The molecule has 19 heavy (non-hydrogen) atoms. The molecule has 0 aliphatic heterocycles. The van der Waals surface area contributed by atoms with Gasteiger partial charge in [-0.15, -0.1) is 6.58 Å². The quantitative estimate of drug-likeness (QED) is 0.441. The topological polar surface area (TPSA) is 21.3 Å². The zero-order chi connectivity index (χ0) is 14.0. The lowest BCUT2D eigenvalue weighted by atomic mass is 9.87. The first kappa shape index (κ1) is 16.7. The van der Waals surface area contributed by atoms with E-state index in [0.29, 0.717) is 6.04 Å². The highest BCUT2D eigenvalue weighted by atomic mass is 16.5. The van der Waals surface area contributed by atoms with Gasteiger partial charge in [-0.1, -0.05) is 38.7 Å². The Morgan fingerprint density at radius 3 is 2.58 bits per heavy atom. The van der Waals surface area contributed by atoms with Crippen molar-refractivity contribution in [2.75, 3.05) is 13.7 Å². The molecule has 0 bridgehead atoms. The Kier molecular flexibility index (Phi) is 8.40. The van der Waals surface area contributed by atoms with E-state index in [1.54, 1.807) is 0 Å². The van der Waals surface area contributed by atoms with Gasteiger partial charge in [0, 0.05) is 13.2 Å². The van der Waals surface area contributed by atoms with Crippen LogP contribution in [0.1, 0.15) is 71.1 Å². The Morgan fingerprint density at radius 2 is 2.00 bits per heavy atom. The largest absolute Gasteiger partial charge is 0.377 e. The molecule has 1 aliphatic rings. The van der Waals surface area contributed by atoms with Crippen LogP contribution in [0, 0.1) is 0 Å². The van der Waals surface area contributed by atoms with Gasteiger partial charge in [-0.05, 0) is 45.1 Å². The van der Waals surface area contributed by atoms with Crippen molar-refractivity contribution in [3.05, 3.63) is 12.7 Å². The summed E-state index contributed by atoms with van der Waals surface area (Å²) < 4.78 is 5.96. The minimum Gasteiger partial charge on any atom is -0.377 e. The zero-order valence-corrected chi connectivity index (χ0v) is 13.0. The summed E-state index contributed by atoms with van der Waals surface area (Å²) in [4.78, 5) is 0. The lowest BCUT2D eigenvalue weighted by Gasteiger charge is -2.37. The van der Waals surface area contributed by atoms with Crippen molar-refractivity contribution < 1.29 is 4.74 Å². The molecule has 1 unspecified atom stereocenters. The molecule has 0 aromatic heterocycles. The number of allylic oxidation sites excluding steroid dienone is 1. The minimum absolute atomic E-state index is 0.119. The second-order valence-corrected chi connectivity index (χ2v) is 5.91. The van der Waals surface area contributed by atoms with E-state index in [4.69, 9.17) is 4.74 Å². The average molecular weight is 267 g/mol. The van der Waals surface area contributed by atoms with Crippen molar-refractivity contribution in [3.63, 3.8) is 0 Å². The van der Waals surface area contributed by atoms with Gasteiger partial charge in [0.15, 0.2) is 0 Å². The Labute approximate surface area is 120 Å². The normalized spacial score (nSPS) is 19.5. The van der Waals surface area contributed by atoms with Crippen LogP contribution in [-0.4, -0.2) is 25.3 Å². The summed E-state index contributed by atoms with van der Waals surface area (Å²) in [6, 6.07) is 0.545. The predicted molar refractivity (Wildman–Crippen MR) is 83.6 cm³/mol. The van der Waals surface area contributed by atoms with Crippen molar-refractivity contribution in [2.45, 2.75) is 82.8 Å². The number of hydrogen-bond donors (Lipinski definition) is 1. The first-order valence-corrected chi connectivity index (χ1v) is 8.18. The van der Waals surface area contributed by atoms with E-state index in [0.717, 1.165) is 13.0 Å². The van der Waals surface area contributed by atoms with E-state index in [1.807, 2.05) is 13.2 Å². The van der Waals surface area contributed by atoms with E-state index in [9.17, 15) is 0 Å². The molecule has 0 radical (unpaired) electrons. The fourth-order valence-electron chi connectivity index (χ4n) is 3.35. The molecule has 1 atom stereocenters. The third-order valence-electron chi connectivity index (χ3n) is 4.53. The first-order chi connectivity index (χ1) is 9.29. The second kappa shape index (κ2) is 9.55. The van der Waals surface area contributed by atoms with E-state index in [1.165, 1.54) is 57.8 Å². The standard InChI is InChI=1S/C17H33NO/c1-4-6-7-8-9-12-16(18-15-5-2)17(19-3)13-10-11-14-17/h4,16,18H,1,5-15H2,2-3H3. The van der Waals surface area contributed by atoms with Crippen molar-refractivity contribution in [1.29, 1.82) is 0 Å². The molecule has 0 amide bonds. The van der Waals surface area contributed by atoms with Gasteiger partial charge in [-0.2, -0.15) is 0 Å². The average Bonchev–Trinajstić information content (AvgIpc) is 2.92. The lowest BCUT2D eigenvalue weighted by molar-refractivity contribution is -0.0382. The van der Waals surface area contributed by atoms with Crippen molar-refractivity contribution in [3.8, 4) is 0 Å². The molecule has 0 saturated heterocycles. The smallest absolute Gasteiger partial charge is 0.0830 e. The zero-order valence-electron chi connectivity index (χ0n) is 13.0. The molecule has 1 rings (SSSR count). The Bertz CT molecular complexity index is 233. The maximum absolute atomic E-state index is 5.96. The second-order valence-electron chi connectivity index (χ2n) is 5.91. The molecule has 1 aliphatic carbocycles. The number of rotatable bonds is 11. The molecule has 1 N–H and O–H groups in total. The van der Waals surface area contributed by atoms with E-state index in [-0.39, 0.29) is 5.60 Å². The summed E-state index contributed by atoms with van der Waals surface area (Å²) in [5.41, 5.74) is 0.119. The monoisotopic (exact) mass is 267 g/mol. The van der Waals surface area contributed by atoms with Gasteiger partial charge in [0.25, 0.3) is 0 Å². The molecule has 1 fully saturated rings. The Hall–Kier alpha value is -0.340. The van der Waals surface area contributed by atoms with Crippen LogP contribution in [0.5, 0.6) is 0 Å². The molecule has 0 spiro atoms. The third kappa shape index (κ3) is 5.27. The number of hydrogen-bond acceptors (Lipinski definition) is 2. The summed E-state index contributed by atoms with van der Waals surface area (Å²) in [5.74, 6) is 0. The highest BCUT2D eigenvalue weighted by Gasteiger charge is 2.40. The molecular weight excluding hydrogens is 234 g/mol. The summed E-state index contributed by atoms with van der Waals surface area (Å²) in [5, 5.41) is 3.75. The maximum Gasteiger partial charge on any atom is 0.0830 e. The molecule has 2 nitrogen and oxygen atoms in total. The number of unbranched alkanes of at least 4 members (excludes halogenated alkanes) is 3. The SMILES string of the molecule is C=CCCCCCC(NCCC)C1(OC)CCCC1. The van der Waals surface area contributed by atoms with Gasteiger partial charge in [0.1, 0.15) is 0 Å². The van der Waals surface area contributed by atoms with Crippen LogP contribution in [-0.2, 0) is 4.74 Å².